The normalized spacial score (nSPS) is 8.46. The molecule has 0 atom stereocenters. The number of phenolic OH excluding ortho intramolecular Hbond substituents is 1. The average Bonchev–Trinajstić information content (AvgIpc) is 2.05. The Bertz CT molecular complexity index is 226. The van der Waals surface area contributed by atoms with Crippen LogP contribution in [0.5, 0.6) is 5.75 Å². The topological polar surface area (TPSA) is 50.2 Å². The summed E-state index contributed by atoms with van der Waals surface area (Å²) in [5.41, 5.74) is 2.09. The summed E-state index contributed by atoms with van der Waals surface area (Å²) in [6, 6.07) is 5.93. The molecule has 1 aromatic carbocycles. The van der Waals surface area contributed by atoms with E-state index in [0.29, 0.717) is 5.75 Å². The van der Waals surface area contributed by atoms with E-state index in [1.807, 2.05) is 18.2 Å². The van der Waals surface area contributed by atoms with Crippen LogP contribution in [0.15, 0.2) is 18.2 Å². The van der Waals surface area contributed by atoms with E-state index in [4.69, 9.17) is 0 Å². The van der Waals surface area contributed by atoms with Crippen molar-refractivity contribution in [2.45, 2.75) is 26.7 Å². The third-order valence-corrected chi connectivity index (χ3v) is 1.96. The third-order valence-electron chi connectivity index (χ3n) is 1.96. The van der Waals surface area contributed by atoms with Crippen molar-refractivity contribution in [1.82, 2.24) is 0 Å². The van der Waals surface area contributed by atoms with Gasteiger partial charge in [0.1, 0.15) is 5.75 Å². The molecule has 0 bridgehead atoms. The zero-order valence-corrected chi connectivity index (χ0v) is 10.5. The van der Waals surface area contributed by atoms with Gasteiger partial charge in [-0.25, -0.2) is 0 Å². The fraction of sp³-hybridized carbons (Fsp3) is 0.400. The molecule has 0 aliphatic heterocycles. The Labute approximate surface area is 102 Å². The second-order valence-electron chi connectivity index (χ2n) is 2.63. The van der Waals surface area contributed by atoms with E-state index in [1.165, 1.54) is 0 Å². The zero-order valence-electron chi connectivity index (χ0n) is 8.54. The molecule has 0 fully saturated rings. The first kappa shape index (κ1) is 15.5. The maximum absolute atomic E-state index is 9.59. The summed E-state index contributed by atoms with van der Waals surface area (Å²) in [7, 11) is 0. The second kappa shape index (κ2) is 7.39. The summed E-state index contributed by atoms with van der Waals surface area (Å²) in [6.45, 7) is 4.10. The van der Waals surface area contributed by atoms with E-state index in [-0.39, 0.29) is 35.0 Å². The van der Waals surface area contributed by atoms with Gasteiger partial charge in [0.15, 0.2) is 0 Å². The summed E-state index contributed by atoms with van der Waals surface area (Å²) in [4.78, 5) is 0. The van der Waals surface area contributed by atoms with E-state index >= 15 is 0 Å². The van der Waals surface area contributed by atoms with Gasteiger partial charge in [-0.3, -0.25) is 0 Å². The molecule has 1 rings (SSSR count). The maximum atomic E-state index is 9.59. The van der Waals surface area contributed by atoms with Gasteiger partial charge >= 0.3 is 29.6 Å². The van der Waals surface area contributed by atoms with E-state index in [0.717, 1.165) is 24.0 Å². The Balaban J connectivity index is 0. The van der Waals surface area contributed by atoms with Crippen LogP contribution < -0.4 is 29.6 Å². The fourth-order valence-corrected chi connectivity index (χ4v) is 1.22. The quantitative estimate of drug-likeness (QED) is 0.630. The van der Waals surface area contributed by atoms with Crippen LogP contribution in [0, 0.1) is 0 Å². The molecule has 0 aliphatic rings. The fourth-order valence-electron chi connectivity index (χ4n) is 1.22. The van der Waals surface area contributed by atoms with Crippen molar-refractivity contribution >= 4 is 0 Å². The van der Waals surface area contributed by atoms with E-state index in [1.54, 1.807) is 0 Å². The van der Waals surface area contributed by atoms with Crippen molar-refractivity contribution in [3.05, 3.63) is 29.3 Å². The van der Waals surface area contributed by atoms with Gasteiger partial charge in [0.05, 0.1) is 0 Å². The van der Waals surface area contributed by atoms with Crippen LogP contribution in [0.25, 0.3) is 0 Å². The van der Waals surface area contributed by atoms with Crippen molar-refractivity contribution in [2.75, 3.05) is 0 Å². The summed E-state index contributed by atoms with van der Waals surface area (Å²) in [5, 5.41) is 9.59. The molecule has 0 saturated heterocycles. The van der Waals surface area contributed by atoms with Crippen LogP contribution >= 0.6 is 0 Å². The van der Waals surface area contributed by atoms with Crippen molar-refractivity contribution < 1.29 is 40.1 Å². The van der Waals surface area contributed by atoms with Crippen LogP contribution in [0.1, 0.15) is 25.0 Å². The van der Waals surface area contributed by atoms with Gasteiger partial charge in [-0.15, -0.1) is 0 Å². The molecule has 2 nitrogen and oxygen atoms in total. The monoisotopic (exact) mass is 190 g/mol. The van der Waals surface area contributed by atoms with Gasteiger partial charge in [-0.1, -0.05) is 32.0 Å². The molecule has 2 N–H and O–H groups in total. The molecule has 0 heterocycles. The summed E-state index contributed by atoms with van der Waals surface area (Å²) < 4.78 is 0. The predicted molar refractivity (Wildman–Crippen MR) is 48.8 cm³/mol. The van der Waals surface area contributed by atoms with Crippen LogP contribution in [0.4, 0.5) is 0 Å². The number of phenols is 1. The minimum atomic E-state index is 0. The number of rotatable bonds is 2. The molecule has 0 aromatic heterocycles. The molecule has 1 aromatic rings. The van der Waals surface area contributed by atoms with Gasteiger partial charge in [0.25, 0.3) is 0 Å². The van der Waals surface area contributed by atoms with Gasteiger partial charge in [-0.05, 0) is 24.0 Å². The van der Waals surface area contributed by atoms with Crippen LogP contribution in [0.2, 0.25) is 0 Å². The molecule has 13 heavy (non-hydrogen) atoms. The number of aryl methyl sites for hydroxylation is 2. The van der Waals surface area contributed by atoms with Crippen LogP contribution in [0.3, 0.4) is 0 Å². The smallest absolute Gasteiger partial charge is 0.870 e. The molecule has 0 amide bonds. The third kappa shape index (κ3) is 3.69. The van der Waals surface area contributed by atoms with Crippen LogP contribution in [-0.4, -0.2) is 10.6 Å². The molecule has 3 heteroatoms. The molecule has 0 saturated carbocycles. The summed E-state index contributed by atoms with van der Waals surface area (Å²) in [5.74, 6) is 0.484. The van der Waals surface area contributed by atoms with Crippen molar-refractivity contribution in [2.24, 2.45) is 0 Å². The molecule has 0 spiro atoms. The van der Waals surface area contributed by atoms with E-state index in [9.17, 15) is 5.11 Å². The molecule has 0 aliphatic carbocycles. The predicted octanol–water partition coefficient (Wildman–Crippen LogP) is -0.656. The molecule has 0 radical (unpaired) electrons. The van der Waals surface area contributed by atoms with Crippen molar-refractivity contribution in [3.8, 4) is 5.75 Å². The SMILES string of the molecule is CCc1cccc(CC)c1O.[Na+].[OH-]. The Hall–Kier alpha value is -0.0200. The van der Waals surface area contributed by atoms with E-state index in [2.05, 4.69) is 13.8 Å². The Morgan fingerprint density at radius 1 is 1.08 bits per heavy atom. The first-order chi connectivity index (χ1) is 5.29. The molecule has 68 valence electrons. The number of benzene rings is 1. The summed E-state index contributed by atoms with van der Waals surface area (Å²) in [6.07, 6.45) is 1.80. The van der Waals surface area contributed by atoms with Crippen LogP contribution in [-0.2, 0) is 12.8 Å². The van der Waals surface area contributed by atoms with Crippen molar-refractivity contribution in [1.29, 1.82) is 0 Å². The first-order valence-electron chi connectivity index (χ1n) is 4.09. The van der Waals surface area contributed by atoms with Gasteiger partial charge in [0.2, 0.25) is 0 Å². The largest absolute Gasteiger partial charge is 1.00 e. The van der Waals surface area contributed by atoms with Gasteiger partial charge in [0, 0.05) is 0 Å². The minimum absolute atomic E-state index is 0. The standard InChI is InChI=1S/C10H14O.Na.H2O/c1-3-8-6-5-7-9(4-2)10(8)11;;/h5-7,11H,3-4H2,1-2H3;;1H2/q;+1;/p-1. The molecular weight excluding hydrogens is 175 g/mol. The second-order valence-corrected chi connectivity index (χ2v) is 2.63. The van der Waals surface area contributed by atoms with Crippen molar-refractivity contribution in [3.63, 3.8) is 0 Å². The first-order valence-corrected chi connectivity index (χ1v) is 4.09. The number of para-hydroxylation sites is 1. The van der Waals surface area contributed by atoms with Gasteiger partial charge in [-0.2, -0.15) is 0 Å². The Morgan fingerprint density at radius 2 is 1.46 bits per heavy atom. The Morgan fingerprint density at radius 3 is 1.77 bits per heavy atom. The average molecular weight is 190 g/mol. The van der Waals surface area contributed by atoms with Gasteiger partial charge < -0.3 is 10.6 Å². The molecule has 0 unspecified atom stereocenters. The number of hydrogen-bond donors (Lipinski definition) is 1. The van der Waals surface area contributed by atoms with E-state index < -0.39 is 0 Å². The summed E-state index contributed by atoms with van der Waals surface area (Å²) >= 11 is 0. The minimum Gasteiger partial charge on any atom is -0.870 e. The number of aromatic hydroxyl groups is 1. The maximum Gasteiger partial charge on any atom is 1.00 e. The molecular formula is C10H15NaO2. The zero-order chi connectivity index (χ0) is 8.27. The Kier molecular flexibility index (Phi) is 8.78. The number of hydrogen-bond acceptors (Lipinski definition) is 2.